The number of amides is 4. The molecule has 1 saturated heterocycles. The highest BCUT2D eigenvalue weighted by Gasteiger charge is 2.45. The SMILES string of the molecule is O=C(NN(C(=O)C=Cc1ccccc1)C1CC(=O)N(c2cccc(Cl)c2)C1=O)c1cccc(F)c1. The minimum Gasteiger partial charge on any atom is -0.274 e. The summed E-state index contributed by atoms with van der Waals surface area (Å²) in [4.78, 5) is 52.9. The molecule has 1 unspecified atom stereocenters. The predicted octanol–water partition coefficient (Wildman–Crippen LogP) is 4.00. The van der Waals surface area contributed by atoms with Crippen molar-refractivity contribution in [3.8, 4) is 0 Å². The van der Waals surface area contributed by atoms with Crippen molar-refractivity contribution in [1.29, 1.82) is 0 Å². The monoisotopic (exact) mass is 491 g/mol. The first-order chi connectivity index (χ1) is 16.8. The van der Waals surface area contributed by atoms with Crippen molar-refractivity contribution >= 4 is 47.0 Å². The van der Waals surface area contributed by atoms with Crippen molar-refractivity contribution in [2.24, 2.45) is 0 Å². The third-order valence-corrected chi connectivity index (χ3v) is 5.50. The maximum absolute atomic E-state index is 13.6. The number of anilines is 1. The number of hydrogen-bond donors (Lipinski definition) is 1. The van der Waals surface area contributed by atoms with Gasteiger partial charge in [-0.2, -0.15) is 0 Å². The van der Waals surface area contributed by atoms with Crippen molar-refractivity contribution in [1.82, 2.24) is 10.4 Å². The fourth-order valence-corrected chi connectivity index (χ4v) is 3.79. The molecule has 0 aromatic heterocycles. The van der Waals surface area contributed by atoms with Crippen molar-refractivity contribution in [2.45, 2.75) is 12.5 Å². The van der Waals surface area contributed by atoms with E-state index in [4.69, 9.17) is 11.6 Å². The van der Waals surface area contributed by atoms with Gasteiger partial charge in [-0.25, -0.2) is 14.3 Å². The summed E-state index contributed by atoms with van der Waals surface area (Å²) in [5.41, 5.74) is 3.28. The van der Waals surface area contributed by atoms with E-state index in [-0.39, 0.29) is 17.7 Å². The van der Waals surface area contributed by atoms with E-state index in [2.05, 4.69) is 5.43 Å². The number of carbonyl (C=O) groups excluding carboxylic acids is 4. The van der Waals surface area contributed by atoms with Crippen LogP contribution < -0.4 is 10.3 Å². The second-order valence-corrected chi connectivity index (χ2v) is 8.11. The first kappa shape index (κ1) is 23.8. The number of carbonyl (C=O) groups is 4. The van der Waals surface area contributed by atoms with E-state index < -0.39 is 35.5 Å². The van der Waals surface area contributed by atoms with Crippen LogP contribution in [0.2, 0.25) is 5.02 Å². The zero-order valence-corrected chi connectivity index (χ0v) is 19.0. The Morgan fingerprint density at radius 3 is 2.46 bits per heavy atom. The maximum Gasteiger partial charge on any atom is 0.270 e. The van der Waals surface area contributed by atoms with Gasteiger partial charge in [0.15, 0.2) is 0 Å². The van der Waals surface area contributed by atoms with E-state index in [0.717, 1.165) is 16.0 Å². The van der Waals surface area contributed by atoms with Gasteiger partial charge in [-0.3, -0.25) is 24.6 Å². The molecule has 3 aromatic rings. The number of nitrogens with zero attached hydrogens (tertiary/aromatic N) is 2. The van der Waals surface area contributed by atoms with Gasteiger partial charge in [0.1, 0.15) is 11.9 Å². The lowest BCUT2D eigenvalue weighted by molar-refractivity contribution is -0.136. The van der Waals surface area contributed by atoms with Crippen molar-refractivity contribution < 1.29 is 23.6 Å². The standard InChI is InChI=1S/C26H19ClFN3O4/c27-19-9-5-11-21(15-19)30-24(33)16-22(26(30)35)31(23(32)13-12-17-6-2-1-3-7-17)29-25(34)18-8-4-10-20(28)14-18/h1-15,22H,16H2,(H,29,34). The van der Waals surface area contributed by atoms with Crippen molar-refractivity contribution in [3.05, 3.63) is 107 Å². The smallest absolute Gasteiger partial charge is 0.270 e. The Balaban J connectivity index is 1.64. The third kappa shape index (κ3) is 5.44. The Morgan fingerprint density at radius 1 is 1.00 bits per heavy atom. The lowest BCUT2D eigenvalue weighted by Crippen LogP contribution is -2.54. The highest BCUT2D eigenvalue weighted by molar-refractivity contribution is 6.31. The Morgan fingerprint density at radius 2 is 1.74 bits per heavy atom. The summed E-state index contributed by atoms with van der Waals surface area (Å²) in [5.74, 6) is -3.46. The summed E-state index contributed by atoms with van der Waals surface area (Å²) >= 11 is 6.01. The molecule has 9 heteroatoms. The summed E-state index contributed by atoms with van der Waals surface area (Å²) < 4.78 is 13.6. The first-order valence-electron chi connectivity index (χ1n) is 10.6. The third-order valence-electron chi connectivity index (χ3n) is 5.27. The van der Waals surface area contributed by atoms with Gasteiger partial charge in [-0.05, 0) is 48.0 Å². The van der Waals surface area contributed by atoms with E-state index in [1.54, 1.807) is 36.4 Å². The van der Waals surface area contributed by atoms with Gasteiger partial charge >= 0.3 is 0 Å². The predicted molar refractivity (Wildman–Crippen MR) is 129 cm³/mol. The van der Waals surface area contributed by atoms with E-state index >= 15 is 0 Å². The molecule has 3 aromatic carbocycles. The molecule has 1 heterocycles. The van der Waals surface area contributed by atoms with Gasteiger partial charge in [0.25, 0.3) is 17.7 Å². The van der Waals surface area contributed by atoms with Crippen LogP contribution in [0.15, 0.2) is 84.9 Å². The summed E-state index contributed by atoms with van der Waals surface area (Å²) in [7, 11) is 0. The molecule has 1 aliphatic heterocycles. The zero-order valence-electron chi connectivity index (χ0n) is 18.2. The van der Waals surface area contributed by atoms with Crippen LogP contribution in [0, 0.1) is 5.82 Å². The number of nitrogens with one attached hydrogen (secondary N) is 1. The number of hydrazine groups is 1. The Kier molecular flexibility index (Phi) is 7.03. The van der Waals surface area contributed by atoms with Crippen molar-refractivity contribution in [3.63, 3.8) is 0 Å². The van der Waals surface area contributed by atoms with Gasteiger partial charge in [-0.15, -0.1) is 0 Å². The van der Waals surface area contributed by atoms with Crippen LogP contribution in [0.25, 0.3) is 6.08 Å². The van der Waals surface area contributed by atoms with E-state index in [9.17, 15) is 23.6 Å². The van der Waals surface area contributed by atoms with Crippen LogP contribution in [0.5, 0.6) is 0 Å². The Hall–Kier alpha value is -4.30. The molecule has 1 atom stereocenters. The van der Waals surface area contributed by atoms with E-state index in [1.165, 1.54) is 42.5 Å². The number of rotatable bonds is 5. The van der Waals surface area contributed by atoms with Gasteiger partial charge in [0.05, 0.1) is 12.1 Å². The molecule has 4 rings (SSSR count). The minimum absolute atomic E-state index is 0.0571. The molecule has 35 heavy (non-hydrogen) atoms. The second kappa shape index (κ2) is 10.3. The van der Waals surface area contributed by atoms with E-state index in [1.807, 2.05) is 6.07 Å². The highest BCUT2D eigenvalue weighted by Crippen LogP contribution is 2.27. The normalized spacial score (nSPS) is 15.5. The summed E-state index contributed by atoms with van der Waals surface area (Å²) in [6.07, 6.45) is 2.33. The number of imide groups is 1. The average molecular weight is 492 g/mol. The number of benzene rings is 3. The van der Waals surface area contributed by atoms with Crippen LogP contribution in [0.3, 0.4) is 0 Å². The minimum atomic E-state index is -1.31. The van der Waals surface area contributed by atoms with Gasteiger partial charge in [0.2, 0.25) is 5.91 Å². The van der Waals surface area contributed by atoms with Gasteiger partial charge in [-0.1, -0.05) is 54.1 Å². The molecule has 4 amide bonds. The molecule has 176 valence electrons. The van der Waals surface area contributed by atoms with Crippen LogP contribution in [-0.2, 0) is 14.4 Å². The Bertz CT molecular complexity index is 1330. The molecular formula is C26H19ClFN3O4. The highest BCUT2D eigenvalue weighted by atomic mass is 35.5. The largest absolute Gasteiger partial charge is 0.274 e. The topological polar surface area (TPSA) is 86.8 Å². The molecule has 1 N–H and O–H groups in total. The zero-order chi connectivity index (χ0) is 24.9. The van der Waals surface area contributed by atoms with Crippen LogP contribution >= 0.6 is 11.6 Å². The molecule has 1 fully saturated rings. The summed E-state index contributed by atoms with van der Waals surface area (Å²) in [5, 5.41) is 1.13. The maximum atomic E-state index is 13.6. The van der Waals surface area contributed by atoms with Crippen LogP contribution in [0.4, 0.5) is 10.1 Å². The quantitative estimate of drug-likeness (QED) is 0.332. The fourth-order valence-electron chi connectivity index (χ4n) is 3.61. The van der Waals surface area contributed by atoms with Crippen LogP contribution in [0.1, 0.15) is 22.3 Å². The summed E-state index contributed by atoms with van der Waals surface area (Å²) in [6, 6.07) is 18.7. The van der Waals surface area contributed by atoms with Crippen molar-refractivity contribution in [2.75, 3.05) is 4.90 Å². The van der Waals surface area contributed by atoms with Gasteiger partial charge in [0, 0.05) is 16.7 Å². The molecule has 0 radical (unpaired) electrons. The molecule has 0 bridgehead atoms. The Labute approximate surface area is 205 Å². The fraction of sp³-hybridized carbons (Fsp3) is 0.0769. The lowest BCUT2D eigenvalue weighted by Gasteiger charge is -2.27. The molecule has 0 saturated carbocycles. The van der Waals surface area contributed by atoms with Gasteiger partial charge < -0.3 is 0 Å². The second-order valence-electron chi connectivity index (χ2n) is 7.67. The van der Waals surface area contributed by atoms with E-state index in [0.29, 0.717) is 10.6 Å². The number of halogens is 2. The summed E-state index contributed by atoms with van der Waals surface area (Å²) in [6.45, 7) is 0. The average Bonchev–Trinajstić information content (AvgIpc) is 3.14. The molecule has 0 spiro atoms. The molecular weight excluding hydrogens is 473 g/mol. The lowest BCUT2D eigenvalue weighted by atomic mass is 10.2. The molecule has 7 nitrogen and oxygen atoms in total. The van der Waals surface area contributed by atoms with Crippen LogP contribution in [-0.4, -0.2) is 34.7 Å². The molecule has 1 aliphatic rings. The first-order valence-corrected chi connectivity index (χ1v) is 11.0. The molecule has 0 aliphatic carbocycles. The number of hydrogen-bond acceptors (Lipinski definition) is 4.